The highest BCUT2D eigenvalue weighted by molar-refractivity contribution is 6.03. The molecule has 0 aliphatic carbocycles. The van der Waals surface area contributed by atoms with Gasteiger partial charge in [0, 0.05) is 30.4 Å². The quantitative estimate of drug-likeness (QED) is 0.373. The summed E-state index contributed by atoms with van der Waals surface area (Å²) in [4.78, 5) is 23.5. The Labute approximate surface area is 205 Å². The van der Waals surface area contributed by atoms with Crippen molar-refractivity contribution in [3.8, 4) is 6.07 Å². The SMILES string of the molecule is CC/C(C)=C/C=C\C(C(=O)N1CCC(C#N)(Cc2c(F)cccc2F)CC1)=C(/C)c1ccncn1. The Hall–Kier alpha value is -3.66. The van der Waals surface area contributed by atoms with Crippen LogP contribution in [0.3, 0.4) is 0 Å². The molecule has 1 aliphatic heterocycles. The highest BCUT2D eigenvalue weighted by Crippen LogP contribution is 2.36. The molecule has 2 heterocycles. The molecule has 182 valence electrons. The smallest absolute Gasteiger partial charge is 0.254 e. The highest BCUT2D eigenvalue weighted by atomic mass is 19.1. The molecular weight excluding hydrogens is 446 g/mol. The minimum atomic E-state index is -0.928. The van der Waals surface area contributed by atoms with Crippen LogP contribution in [0.1, 0.15) is 51.3 Å². The van der Waals surface area contributed by atoms with E-state index in [1.165, 1.54) is 30.1 Å². The van der Waals surface area contributed by atoms with Crippen molar-refractivity contribution >= 4 is 11.5 Å². The molecule has 3 rings (SSSR count). The highest BCUT2D eigenvalue weighted by Gasteiger charge is 2.38. The van der Waals surface area contributed by atoms with Crippen molar-refractivity contribution in [1.29, 1.82) is 5.26 Å². The lowest BCUT2D eigenvalue weighted by atomic mass is 9.74. The van der Waals surface area contributed by atoms with E-state index >= 15 is 0 Å². The average molecular weight is 477 g/mol. The summed E-state index contributed by atoms with van der Waals surface area (Å²) in [5.41, 5.74) is 2.07. The first-order valence-electron chi connectivity index (χ1n) is 11.7. The van der Waals surface area contributed by atoms with E-state index < -0.39 is 17.0 Å². The summed E-state index contributed by atoms with van der Waals surface area (Å²) in [7, 11) is 0. The van der Waals surface area contributed by atoms with Crippen LogP contribution in [0.5, 0.6) is 0 Å². The minimum absolute atomic E-state index is 0.0202. The second-order valence-electron chi connectivity index (χ2n) is 8.92. The Bertz CT molecular complexity index is 1170. The number of nitrogens with zero attached hydrogens (tertiary/aromatic N) is 4. The summed E-state index contributed by atoms with van der Waals surface area (Å²) in [5.74, 6) is -1.46. The molecular formula is C28H30F2N4O. The molecule has 5 nitrogen and oxygen atoms in total. The third-order valence-corrected chi connectivity index (χ3v) is 6.62. The first-order chi connectivity index (χ1) is 16.8. The maximum Gasteiger partial charge on any atom is 0.254 e. The van der Waals surface area contributed by atoms with E-state index in [1.54, 1.807) is 23.2 Å². The van der Waals surface area contributed by atoms with Crippen LogP contribution >= 0.6 is 0 Å². The zero-order valence-corrected chi connectivity index (χ0v) is 20.4. The van der Waals surface area contributed by atoms with E-state index in [2.05, 4.69) is 23.0 Å². The molecule has 7 heteroatoms. The summed E-state index contributed by atoms with van der Waals surface area (Å²) < 4.78 is 28.5. The molecule has 0 spiro atoms. The van der Waals surface area contributed by atoms with Gasteiger partial charge in [0.15, 0.2) is 0 Å². The Kier molecular flexibility index (Phi) is 8.64. The van der Waals surface area contributed by atoms with Gasteiger partial charge in [0.2, 0.25) is 0 Å². The van der Waals surface area contributed by atoms with Gasteiger partial charge in [-0.3, -0.25) is 4.79 Å². The first-order valence-corrected chi connectivity index (χ1v) is 11.7. The predicted molar refractivity (Wildman–Crippen MR) is 132 cm³/mol. The molecule has 1 amide bonds. The Morgan fingerprint density at radius 2 is 1.89 bits per heavy atom. The summed E-state index contributed by atoms with van der Waals surface area (Å²) >= 11 is 0. The van der Waals surface area contributed by atoms with Crippen LogP contribution in [-0.2, 0) is 11.2 Å². The molecule has 1 saturated heterocycles. The van der Waals surface area contributed by atoms with Crippen molar-refractivity contribution in [1.82, 2.24) is 14.9 Å². The number of aromatic nitrogens is 2. The predicted octanol–water partition coefficient (Wildman–Crippen LogP) is 5.82. The zero-order chi connectivity index (χ0) is 25.4. The molecule has 1 aliphatic rings. The molecule has 0 unspecified atom stereocenters. The summed E-state index contributed by atoms with van der Waals surface area (Å²) in [6, 6.07) is 7.76. The van der Waals surface area contributed by atoms with Gasteiger partial charge < -0.3 is 4.90 Å². The van der Waals surface area contributed by atoms with E-state index in [-0.39, 0.29) is 17.9 Å². The van der Waals surface area contributed by atoms with Crippen LogP contribution in [0.2, 0.25) is 0 Å². The number of likely N-dealkylation sites (tertiary alicyclic amines) is 1. The van der Waals surface area contributed by atoms with E-state index in [9.17, 15) is 18.8 Å². The number of nitriles is 1. The van der Waals surface area contributed by atoms with Crippen molar-refractivity contribution in [3.63, 3.8) is 0 Å². The second kappa shape index (κ2) is 11.7. The number of amides is 1. The van der Waals surface area contributed by atoms with E-state index in [1.807, 2.05) is 26.0 Å². The fourth-order valence-electron chi connectivity index (χ4n) is 4.11. The van der Waals surface area contributed by atoms with Crippen LogP contribution in [-0.4, -0.2) is 33.9 Å². The van der Waals surface area contributed by atoms with Crippen molar-refractivity contribution in [2.75, 3.05) is 13.1 Å². The van der Waals surface area contributed by atoms with Crippen molar-refractivity contribution in [2.24, 2.45) is 5.41 Å². The molecule has 35 heavy (non-hydrogen) atoms. The molecule has 0 bridgehead atoms. The fourth-order valence-corrected chi connectivity index (χ4v) is 4.11. The maximum atomic E-state index is 14.2. The molecule has 0 saturated carbocycles. The molecule has 0 atom stereocenters. The largest absolute Gasteiger partial charge is 0.339 e. The number of carbonyl (C=O) groups is 1. The van der Waals surface area contributed by atoms with E-state index in [0.717, 1.165) is 12.0 Å². The third kappa shape index (κ3) is 6.27. The average Bonchev–Trinajstić information content (AvgIpc) is 2.89. The van der Waals surface area contributed by atoms with Gasteiger partial charge in [0.25, 0.3) is 5.91 Å². The molecule has 2 aromatic rings. The van der Waals surface area contributed by atoms with Gasteiger partial charge in [0.1, 0.15) is 18.0 Å². The third-order valence-electron chi connectivity index (χ3n) is 6.62. The van der Waals surface area contributed by atoms with Crippen LogP contribution in [0.15, 0.2) is 66.2 Å². The lowest BCUT2D eigenvalue weighted by molar-refractivity contribution is -0.128. The van der Waals surface area contributed by atoms with Crippen LogP contribution < -0.4 is 0 Å². The monoisotopic (exact) mass is 476 g/mol. The molecule has 0 N–H and O–H groups in total. The van der Waals surface area contributed by atoms with Gasteiger partial charge in [-0.15, -0.1) is 0 Å². The zero-order valence-electron chi connectivity index (χ0n) is 20.4. The summed E-state index contributed by atoms with van der Waals surface area (Å²) in [5, 5.41) is 9.91. The maximum absolute atomic E-state index is 14.2. The Morgan fingerprint density at radius 1 is 1.20 bits per heavy atom. The van der Waals surface area contributed by atoms with Crippen molar-refractivity contribution < 1.29 is 13.6 Å². The van der Waals surface area contributed by atoms with Gasteiger partial charge in [-0.2, -0.15) is 5.26 Å². The first kappa shape index (κ1) is 26.0. The molecule has 1 aromatic carbocycles. The Morgan fingerprint density at radius 3 is 2.46 bits per heavy atom. The van der Waals surface area contributed by atoms with Gasteiger partial charge in [-0.05, 0) is 69.4 Å². The van der Waals surface area contributed by atoms with Gasteiger partial charge in [-0.25, -0.2) is 18.7 Å². The number of benzene rings is 1. The number of hydrogen-bond acceptors (Lipinski definition) is 4. The Balaban J connectivity index is 1.84. The normalized spacial score (nSPS) is 16.7. The number of halogens is 2. The summed E-state index contributed by atoms with van der Waals surface area (Å²) in [6.45, 7) is 6.58. The number of allylic oxidation sites excluding steroid dienone is 4. The van der Waals surface area contributed by atoms with Gasteiger partial charge in [-0.1, -0.05) is 30.7 Å². The second-order valence-corrected chi connectivity index (χ2v) is 8.92. The standard InChI is InChI=1S/C28H30F2N4O/c1-4-20(2)7-5-8-22(21(3)26-11-14-32-19-33-26)27(35)34-15-12-28(18-31,13-16-34)17-23-24(29)9-6-10-25(23)30/h5-11,14,19H,4,12-13,15-17H2,1-3H3/b8-5-,20-7+,22-21-. The van der Waals surface area contributed by atoms with Crippen molar-refractivity contribution in [3.05, 3.63) is 89.1 Å². The van der Waals surface area contributed by atoms with Gasteiger partial charge >= 0.3 is 0 Å². The molecule has 1 fully saturated rings. The van der Waals surface area contributed by atoms with Crippen LogP contribution in [0.4, 0.5) is 8.78 Å². The topological polar surface area (TPSA) is 69.9 Å². The lowest BCUT2D eigenvalue weighted by Gasteiger charge is -2.37. The number of hydrogen-bond donors (Lipinski definition) is 0. The van der Waals surface area contributed by atoms with Crippen LogP contribution in [0.25, 0.3) is 5.57 Å². The number of piperidine rings is 1. The van der Waals surface area contributed by atoms with Crippen LogP contribution in [0, 0.1) is 28.4 Å². The van der Waals surface area contributed by atoms with E-state index in [0.29, 0.717) is 37.2 Å². The van der Waals surface area contributed by atoms with Crippen molar-refractivity contribution in [2.45, 2.75) is 46.5 Å². The lowest BCUT2D eigenvalue weighted by Crippen LogP contribution is -2.44. The fraction of sp³-hybridized carbons (Fsp3) is 0.357. The minimum Gasteiger partial charge on any atom is -0.339 e. The van der Waals surface area contributed by atoms with Gasteiger partial charge in [0.05, 0.1) is 17.2 Å². The summed E-state index contributed by atoms with van der Waals surface area (Å²) in [6.07, 6.45) is 10.3. The van der Waals surface area contributed by atoms with E-state index in [4.69, 9.17) is 0 Å². The molecule has 1 aromatic heterocycles. The number of carbonyl (C=O) groups excluding carboxylic acids is 1. The number of rotatable bonds is 7. The molecule has 0 radical (unpaired) electrons.